The van der Waals surface area contributed by atoms with E-state index in [-0.39, 0.29) is 24.7 Å². The van der Waals surface area contributed by atoms with Gasteiger partial charge in [0.25, 0.3) is 0 Å². The van der Waals surface area contributed by atoms with E-state index in [1.807, 2.05) is 60.7 Å². The third-order valence-corrected chi connectivity index (χ3v) is 4.99. The van der Waals surface area contributed by atoms with E-state index in [0.717, 1.165) is 11.4 Å². The maximum atomic E-state index is 13.0. The van der Waals surface area contributed by atoms with E-state index in [1.54, 1.807) is 44.2 Å². The number of hydrazone groups is 1. The number of benzene rings is 3. The van der Waals surface area contributed by atoms with Gasteiger partial charge in [0.05, 0.1) is 19.9 Å². The molecule has 7 nitrogen and oxygen atoms in total. The van der Waals surface area contributed by atoms with Gasteiger partial charge in [-0.1, -0.05) is 36.4 Å². The molecule has 0 spiro atoms. The van der Waals surface area contributed by atoms with Crippen LogP contribution >= 0.6 is 0 Å². The molecule has 0 aliphatic carbocycles. The van der Waals surface area contributed by atoms with E-state index in [4.69, 9.17) is 9.47 Å². The Morgan fingerprint density at radius 1 is 0.848 bits per heavy atom. The minimum absolute atomic E-state index is 0.00102. The first-order chi connectivity index (χ1) is 16.0. The highest BCUT2D eigenvalue weighted by Crippen LogP contribution is 2.26. The second-order valence-electron chi connectivity index (χ2n) is 7.20. The molecule has 3 aromatic carbocycles. The summed E-state index contributed by atoms with van der Waals surface area (Å²) in [6.07, 6.45) is 0.0354. The molecule has 3 aromatic rings. The van der Waals surface area contributed by atoms with Crippen LogP contribution < -0.4 is 19.8 Å². The molecule has 0 aromatic heterocycles. The number of nitrogens with one attached hydrogen (secondary N) is 1. The number of rotatable bonds is 9. The normalized spacial score (nSPS) is 10.9. The van der Waals surface area contributed by atoms with Gasteiger partial charge in [-0.05, 0) is 49.4 Å². The third kappa shape index (κ3) is 6.20. The number of carbonyl (C=O) groups excluding carboxylic acids is 2. The zero-order chi connectivity index (χ0) is 23.6. The molecule has 0 aliphatic heterocycles. The third-order valence-electron chi connectivity index (χ3n) is 4.99. The van der Waals surface area contributed by atoms with Crippen molar-refractivity contribution in [1.29, 1.82) is 0 Å². The van der Waals surface area contributed by atoms with Gasteiger partial charge in [0.1, 0.15) is 11.5 Å². The van der Waals surface area contributed by atoms with Crippen molar-refractivity contribution in [3.63, 3.8) is 0 Å². The van der Waals surface area contributed by atoms with Crippen LogP contribution in [0.2, 0.25) is 0 Å². The average Bonchev–Trinajstić information content (AvgIpc) is 2.87. The lowest BCUT2D eigenvalue weighted by Crippen LogP contribution is -2.28. The fourth-order valence-electron chi connectivity index (χ4n) is 3.28. The van der Waals surface area contributed by atoms with Gasteiger partial charge in [-0.15, -0.1) is 0 Å². The number of hydrogen-bond acceptors (Lipinski definition) is 5. The van der Waals surface area contributed by atoms with Crippen molar-refractivity contribution < 1.29 is 19.1 Å². The van der Waals surface area contributed by atoms with Crippen LogP contribution in [-0.2, 0) is 9.59 Å². The summed E-state index contributed by atoms with van der Waals surface area (Å²) < 4.78 is 10.6. The monoisotopic (exact) mass is 445 g/mol. The van der Waals surface area contributed by atoms with Crippen LogP contribution in [0.1, 0.15) is 25.3 Å². The van der Waals surface area contributed by atoms with E-state index in [2.05, 4.69) is 10.5 Å². The van der Waals surface area contributed by atoms with Crippen LogP contribution in [0.4, 0.5) is 11.4 Å². The van der Waals surface area contributed by atoms with Gasteiger partial charge in [0, 0.05) is 29.8 Å². The quantitative estimate of drug-likeness (QED) is 0.383. The Morgan fingerprint density at radius 3 is 2.00 bits per heavy atom. The van der Waals surface area contributed by atoms with Crippen molar-refractivity contribution in [3.8, 4) is 11.5 Å². The lowest BCUT2D eigenvalue weighted by Gasteiger charge is -2.23. The van der Waals surface area contributed by atoms with Crippen LogP contribution in [0.15, 0.2) is 84.0 Å². The number of amides is 2. The number of para-hydroxylation sites is 2. The molecule has 2 amide bonds. The van der Waals surface area contributed by atoms with Gasteiger partial charge in [0.15, 0.2) is 0 Å². The average molecular weight is 446 g/mol. The number of carbonyl (C=O) groups is 2. The Hall–Kier alpha value is -4.13. The molecule has 0 heterocycles. The first-order valence-corrected chi connectivity index (χ1v) is 10.5. The van der Waals surface area contributed by atoms with Crippen molar-refractivity contribution in [2.75, 3.05) is 19.1 Å². The van der Waals surface area contributed by atoms with Gasteiger partial charge in [0.2, 0.25) is 11.8 Å². The Labute approximate surface area is 193 Å². The second-order valence-corrected chi connectivity index (χ2v) is 7.20. The van der Waals surface area contributed by atoms with Gasteiger partial charge in [-0.3, -0.25) is 14.5 Å². The van der Waals surface area contributed by atoms with Crippen molar-refractivity contribution >= 4 is 28.9 Å². The SMILES string of the molecule is COc1ccc(OC)c(C(C)=NNC(=O)CCC(=O)N(c2ccccc2)c2ccccc2)c1. The summed E-state index contributed by atoms with van der Waals surface area (Å²) in [5.74, 6) is 0.727. The predicted octanol–water partition coefficient (Wildman–Crippen LogP) is 4.69. The molecule has 0 saturated carbocycles. The minimum atomic E-state index is -0.356. The molecule has 0 fully saturated rings. The highest BCUT2D eigenvalue weighted by molar-refractivity contribution is 6.03. The van der Waals surface area contributed by atoms with E-state index in [1.165, 1.54) is 0 Å². The Balaban J connectivity index is 1.66. The van der Waals surface area contributed by atoms with E-state index < -0.39 is 0 Å². The summed E-state index contributed by atoms with van der Waals surface area (Å²) in [7, 11) is 3.14. The molecule has 7 heteroatoms. The van der Waals surface area contributed by atoms with Crippen LogP contribution in [0.3, 0.4) is 0 Å². The zero-order valence-corrected chi connectivity index (χ0v) is 18.9. The van der Waals surface area contributed by atoms with Crippen molar-refractivity contribution in [2.24, 2.45) is 5.10 Å². The highest BCUT2D eigenvalue weighted by Gasteiger charge is 2.19. The largest absolute Gasteiger partial charge is 0.497 e. The standard InChI is InChI=1S/C26H27N3O4/c1-19(23-18-22(32-2)14-15-24(23)33-3)27-28-25(30)16-17-26(31)29(20-10-6-4-7-11-20)21-12-8-5-9-13-21/h4-15,18H,16-17H2,1-3H3,(H,28,30). The molecule has 0 atom stereocenters. The summed E-state index contributed by atoms with van der Waals surface area (Å²) in [5, 5.41) is 4.17. The van der Waals surface area contributed by atoms with E-state index in [0.29, 0.717) is 22.8 Å². The van der Waals surface area contributed by atoms with Gasteiger partial charge in [-0.2, -0.15) is 5.10 Å². The molecular formula is C26H27N3O4. The molecule has 0 aliphatic rings. The molecule has 3 rings (SSSR count). The zero-order valence-electron chi connectivity index (χ0n) is 18.9. The van der Waals surface area contributed by atoms with E-state index in [9.17, 15) is 9.59 Å². The smallest absolute Gasteiger partial charge is 0.240 e. The molecule has 0 unspecified atom stereocenters. The van der Waals surface area contributed by atoms with Crippen LogP contribution in [0, 0.1) is 0 Å². The molecule has 33 heavy (non-hydrogen) atoms. The van der Waals surface area contributed by atoms with E-state index >= 15 is 0 Å². The second kappa shape index (κ2) is 11.5. The minimum Gasteiger partial charge on any atom is -0.497 e. The molecule has 0 radical (unpaired) electrons. The highest BCUT2D eigenvalue weighted by atomic mass is 16.5. The summed E-state index contributed by atoms with van der Waals surface area (Å²) in [6, 6.07) is 24.0. The van der Waals surface area contributed by atoms with Gasteiger partial charge >= 0.3 is 0 Å². The van der Waals surface area contributed by atoms with Crippen LogP contribution in [-0.4, -0.2) is 31.7 Å². The fraction of sp³-hybridized carbons (Fsp3) is 0.192. The molecule has 170 valence electrons. The summed E-state index contributed by atoms with van der Waals surface area (Å²) in [6.45, 7) is 1.76. The summed E-state index contributed by atoms with van der Waals surface area (Å²) in [4.78, 5) is 27.1. The number of anilines is 2. The molecule has 0 saturated heterocycles. The topological polar surface area (TPSA) is 80.2 Å². The Morgan fingerprint density at radius 2 is 1.45 bits per heavy atom. The lowest BCUT2D eigenvalue weighted by atomic mass is 10.1. The van der Waals surface area contributed by atoms with Gasteiger partial charge < -0.3 is 9.47 Å². The lowest BCUT2D eigenvalue weighted by molar-refractivity contribution is -0.124. The number of nitrogens with zero attached hydrogens (tertiary/aromatic N) is 2. The van der Waals surface area contributed by atoms with Gasteiger partial charge in [-0.25, -0.2) is 5.43 Å². The molecule has 0 bridgehead atoms. The van der Waals surface area contributed by atoms with Crippen molar-refractivity contribution in [2.45, 2.75) is 19.8 Å². The van der Waals surface area contributed by atoms with Crippen molar-refractivity contribution in [3.05, 3.63) is 84.4 Å². The number of hydrogen-bond donors (Lipinski definition) is 1. The molecular weight excluding hydrogens is 418 g/mol. The Kier molecular flexibility index (Phi) is 8.18. The summed E-state index contributed by atoms with van der Waals surface area (Å²) in [5.41, 5.74) is 5.27. The maximum Gasteiger partial charge on any atom is 0.240 e. The number of ether oxygens (including phenoxy) is 2. The number of methoxy groups -OCH3 is 2. The predicted molar refractivity (Wildman–Crippen MR) is 129 cm³/mol. The molecule has 1 N–H and O–H groups in total. The summed E-state index contributed by atoms with van der Waals surface area (Å²) >= 11 is 0. The first-order valence-electron chi connectivity index (χ1n) is 10.5. The fourth-order valence-corrected chi connectivity index (χ4v) is 3.28. The first kappa shape index (κ1) is 23.5. The Bertz CT molecular complexity index is 1080. The van der Waals surface area contributed by atoms with Crippen molar-refractivity contribution in [1.82, 2.24) is 5.43 Å². The van der Waals surface area contributed by atoms with Crippen LogP contribution in [0.5, 0.6) is 11.5 Å². The van der Waals surface area contributed by atoms with Crippen LogP contribution in [0.25, 0.3) is 0 Å². The maximum absolute atomic E-state index is 13.0.